The van der Waals surface area contributed by atoms with Gasteiger partial charge in [0.1, 0.15) is 0 Å². The molecular weight excluding hydrogens is 220 g/mol. The maximum absolute atomic E-state index is 6.04. The van der Waals surface area contributed by atoms with Crippen LogP contribution in [0.25, 0.3) is 0 Å². The lowest BCUT2D eigenvalue weighted by atomic mass is 10.1. The van der Waals surface area contributed by atoms with Gasteiger partial charge in [-0.3, -0.25) is 0 Å². The van der Waals surface area contributed by atoms with Crippen LogP contribution in [0.3, 0.4) is 0 Å². The van der Waals surface area contributed by atoms with E-state index in [-0.39, 0.29) is 0 Å². The molecule has 0 amide bonds. The maximum atomic E-state index is 6.04. The predicted molar refractivity (Wildman–Crippen MR) is 70.3 cm³/mol. The van der Waals surface area contributed by atoms with Gasteiger partial charge in [-0.15, -0.1) is 0 Å². The highest BCUT2D eigenvalue weighted by atomic mass is 35.5. The molecule has 0 aromatic heterocycles. The van der Waals surface area contributed by atoms with Gasteiger partial charge in [0.15, 0.2) is 0 Å². The van der Waals surface area contributed by atoms with Gasteiger partial charge in [-0.1, -0.05) is 24.6 Å². The first-order chi connectivity index (χ1) is 7.70. The highest BCUT2D eigenvalue weighted by Crippen LogP contribution is 2.23. The molecule has 0 bridgehead atoms. The Morgan fingerprint density at radius 2 is 2.31 bits per heavy atom. The molecule has 1 aliphatic rings. The van der Waals surface area contributed by atoms with Crippen molar-refractivity contribution in [1.82, 2.24) is 5.32 Å². The van der Waals surface area contributed by atoms with Crippen LogP contribution in [0, 0.1) is 0 Å². The Morgan fingerprint density at radius 3 is 3.00 bits per heavy atom. The van der Waals surface area contributed by atoms with Crippen LogP contribution in [-0.4, -0.2) is 25.2 Å². The van der Waals surface area contributed by atoms with Gasteiger partial charge in [-0.25, -0.2) is 0 Å². The third kappa shape index (κ3) is 2.50. The summed E-state index contributed by atoms with van der Waals surface area (Å²) in [6, 6.07) is 9.26. The molecule has 2 atom stereocenters. The fraction of sp³-hybridized carbons (Fsp3) is 0.538. The van der Waals surface area contributed by atoms with Crippen molar-refractivity contribution < 1.29 is 0 Å². The number of hydrogen-bond acceptors (Lipinski definition) is 2. The molecule has 1 aliphatic heterocycles. The minimum atomic E-state index is 0.529. The van der Waals surface area contributed by atoms with E-state index in [9.17, 15) is 0 Å². The lowest BCUT2D eigenvalue weighted by Gasteiger charge is -2.40. The van der Waals surface area contributed by atoms with Gasteiger partial charge in [0.2, 0.25) is 0 Å². The smallest absolute Gasteiger partial charge is 0.0426 e. The van der Waals surface area contributed by atoms with Crippen molar-refractivity contribution in [1.29, 1.82) is 0 Å². The Kier molecular flexibility index (Phi) is 3.72. The summed E-state index contributed by atoms with van der Waals surface area (Å²) in [5, 5.41) is 4.37. The van der Waals surface area contributed by atoms with Crippen LogP contribution in [0.1, 0.15) is 20.3 Å². The van der Waals surface area contributed by atoms with E-state index in [1.54, 1.807) is 0 Å². The number of anilines is 1. The van der Waals surface area contributed by atoms with Crippen LogP contribution < -0.4 is 10.2 Å². The third-order valence-corrected chi connectivity index (χ3v) is 3.52. The van der Waals surface area contributed by atoms with Gasteiger partial charge < -0.3 is 10.2 Å². The molecule has 2 unspecified atom stereocenters. The van der Waals surface area contributed by atoms with E-state index in [2.05, 4.69) is 36.2 Å². The molecular formula is C13H19ClN2. The van der Waals surface area contributed by atoms with Crippen LogP contribution in [-0.2, 0) is 0 Å². The molecule has 0 spiro atoms. The van der Waals surface area contributed by atoms with Crippen molar-refractivity contribution in [2.75, 3.05) is 18.0 Å². The molecule has 1 fully saturated rings. The van der Waals surface area contributed by atoms with E-state index < -0.39 is 0 Å². The number of benzene rings is 1. The first-order valence-electron chi connectivity index (χ1n) is 5.96. The van der Waals surface area contributed by atoms with Crippen molar-refractivity contribution in [3.8, 4) is 0 Å². The first kappa shape index (κ1) is 11.7. The summed E-state index contributed by atoms with van der Waals surface area (Å²) in [6.45, 7) is 6.59. The standard InChI is InChI=1S/C13H19ClN2/c1-3-12-9-16(10(2)8-15-12)13-6-4-5-11(14)7-13/h4-7,10,12,15H,3,8-9H2,1-2H3. The van der Waals surface area contributed by atoms with Crippen LogP contribution >= 0.6 is 11.6 Å². The van der Waals surface area contributed by atoms with Crippen LogP contribution in [0.5, 0.6) is 0 Å². The molecule has 1 aromatic carbocycles. The molecule has 1 N–H and O–H groups in total. The molecule has 88 valence electrons. The van der Waals surface area contributed by atoms with E-state index in [0.717, 1.165) is 18.1 Å². The second-order valence-electron chi connectivity index (χ2n) is 4.49. The SMILES string of the molecule is CCC1CN(c2cccc(Cl)c2)C(C)CN1. The number of rotatable bonds is 2. The number of halogens is 1. The molecule has 16 heavy (non-hydrogen) atoms. The number of hydrogen-bond donors (Lipinski definition) is 1. The lowest BCUT2D eigenvalue weighted by molar-refractivity contribution is 0.397. The van der Waals surface area contributed by atoms with Crippen molar-refractivity contribution in [3.63, 3.8) is 0 Å². The maximum Gasteiger partial charge on any atom is 0.0426 e. The molecule has 3 heteroatoms. The average molecular weight is 239 g/mol. The minimum Gasteiger partial charge on any atom is -0.366 e. The summed E-state index contributed by atoms with van der Waals surface area (Å²) in [6.07, 6.45) is 1.17. The highest BCUT2D eigenvalue weighted by molar-refractivity contribution is 6.30. The second-order valence-corrected chi connectivity index (χ2v) is 4.93. The fourth-order valence-corrected chi connectivity index (χ4v) is 2.40. The molecule has 0 aliphatic carbocycles. The van der Waals surface area contributed by atoms with Gasteiger partial charge in [-0.2, -0.15) is 0 Å². The lowest BCUT2D eigenvalue weighted by Crippen LogP contribution is -2.55. The van der Waals surface area contributed by atoms with Crippen molar-refractivity contribution in [2.45, 2.75) is 32.4 Å². The van der Waals surface area contributed by atoms with Crippen LogP contribution in [0.4, 0.5) is 5.69 Å². The molecule has 2 nitrogen and oxygen atoms in total. The van der Waals surface area contributed by atoms with E-state index in [1.165, 1.54) is 12.1 Å². The normalized spacial score (nSPS) is 25.8. The van der Waals surface area contributed by atoms with Gasteiger partial charge in [0.25, 0.3) is 0 Å². The molecule has 1 aromatic rings. The Hall–Kier alpha value is -0.730. The molecule has 1 heterocycles. The second kappa shape index (κ2) is 5.07. The van der Waals surface area contributed by atoms with Gasteiger partial charge in [0.05, 0.1) is 0 Å². The molecule has 0 saturated carbocycles. The Morgan fingerprint density at radius 1 is 1.50 bits per heavy atom. The zero-order valence-electron chi connectivity index (χ0n) is 9.91. The first-order valence-corrected chi connectivity index (χ1v) is 6.34. The number of piperazine rings is 1. The average Bonchev–Trinajstić information content (AvgIpc) is 2.30. The van der Waals surface area contributed by atoms with E-state index in [1.807, 2.05) is 12.1 Å². The largest absolute Gasteiger partial charge is 0.366 e. The van der Waals surface area contributed by atoms with Gasteiger partial charge in [-0.05, 0) is 31.5 Å². The van der Waals surface area contributed by atoms with E-state index in [0.29, 0.717) is 12.1 Å². The monoisotopic (exact) mass is 238 g/mol. The van der Waals surface area contributed by atoms with Crippen LogP contribution in [0.15, 0.2) is 24.3 Å². The summed E-state index contributed by atoms with van der Waals surface area (Å²) >= 11 is 6.04. The summed E-state index contributed by atoms with van der Waals surface area (Å²) < 4.78 is 0. The van der Waals surface area contributed by atoms with Crippen molar-refractivity contribution >= 4 is 17.3 Å². The summed E-state index contributed by atoms with van der Waals surface area (Å²) in [5.74, 6) is 0. The van der Waals surface area contributed by atoms with Crippen LogP contribution in [0.2, 0.25) is 5.02 Å². The van der Waals surface area contributed by atoms with E-state index in [4.69, 9.17) is 11.6 Å². The topological polar surface area (TPSA) is 15.3 Å². The Bertz CT molecular complexity index is 354. The summed E-state index contributed by atoms with van der Waals surface area (Å²) in [4.78, 5) is 2.44. The number of nitrogens with zero attached hydrogens (tertiary/aromatic N) is 1. The third-order valence-electron chi connectivity index (χ3n) is 3.28. The molecule has 0 radical (unpaired) electrons. The minimum absolute atomic E-state index is 0.529. The van der Waals surface area contributed by atoms with E-state index >= 15 is 0 Å². The van der Waals surface area contributed by atoms with Crippen molar-refractivity contribution in [3.05, 3.63) is 29.3 Å². The highest BCUT2D eigenvalue weighted by Gasteiger charge is 2.23. The molecule has 1 saturated heterocycles. The Labute approximate surface area is 103 Å². The number of nitrogens with one attached hydrogen (secondary N) is 1. The van der Waals surface area contributed by atoms with Gasteiger partial charge >= 0.3 is 0 Å². The zero-order valence-corrected chi connectivity index (χ0v) is 10.7. The predicted octanol–water partition coefficient (Wildman–Crippen LogP) is 2.92. The summed E-state index contributed by atoms with van der Waals surface area (Å²) in [7, 11) is 0. The quantitative estimate of drug-likeness (QED) is 0.853. The molecule has 2 rings (SSSR count). The summed E-state index contributed by atoms with van der Waals surface area (Å²) in [5.41, 5.74) is 1.24. The Balaban J connectivity index is 2.17. The zero-order chi connectivity index (χ0) is 11.5. The fourth-order valence-electron chi connectivity index (χ4n) is 2.22. The van der Waals surface area contributed by atoms with Gasteiger partial charge in [0, 0.05) is 35.9 Å². The van der Waals surface area contributed by atoms with Crippen molar-refractivity contribution in [2.24, 2.45) is 0 Å².